The molecule has 0 aliphatic carbocycles. The van der Waals surface area contributed by atoms with Crippen molar-refractivity contribution in [3.8, 4) is 0 Å². The molecule has 4 aromatic rings. The molecule has 4 rings (SSSR count). The van der Waals surface area contributed by atoms with Gasteiger partial charge in [0.25, 0.3) is 5.97 Å². The SMILES string of the molecule is CC(=O)O.c1ccc([PH](c2ccccc2)(c2ccccc2)c2ccccc2)cc1. The Balaban J connectivity index is 0.000000552. The van der Waals surface area contributed by atoms with Gasteiger partial charge < -0.3 is 5.11 Å². The van der Waals surface area contributed by atoms with E-state index < -0.39 is 13.2 Å². The van der Waals surface area contributed by atoms with Gasteiger partial charge in [-0.15, -0.1) is 0 Å². The zero-order valence-electron chi connectivity index (χ0n) is 16.4. The van der Waals surface area contributed by atoms with Crippen LogP contribution in [0.3, 0.4) is 0 Å². The first-order valence-electron chi connectivity index (χ1n) is 9.57. The summed E-state index contributed by atoms with van der Waals surface area (Å²) in [7, 11) is -2.30. The Morgan fingerprint density at radius 2 is 0.690 bits per heavy atom. The second kappa shape index (κ2) is 9.82. The van der Waals surface area contributed by atoms with Gasteiger partial charge in [0.05, 0.1) is 0 Å². The van der Waals surface area contributed by atoms with Crippen LogP contribution >= 0.6 is 7.26 Å². The van der Waals surface area contributed by atoms with Crippen molar-refractivity contribution in [2.45, 2.75) is 6.92 Å². The van der Waals surface area contributed by atoms with Crippen molar-refractivity contribution >= 4 is 34.4 Å². The fourth-order valence-corrected chi connectivity index (χ4v) is 8.52. The van der Waals surface area contributed by atoms with Crippen LogP contribution in [0.15, 0.2) is 121 Å². The first-order chi connectivity index (χ1) is 14.2. The molecule has 3 heteroatoms. The summed E-state index contributed by atoms with van der Waals surface area (Å²) >= 11 is 0. The molecule has 29 heavy (non-hydrogen) atoms. The normalized spacial score (nSPS) is 11.1. The number of rotatable bonds is 4. The van der Waals surface area contributed by atoms with Gasteiger partial charge in [0.1, 0.15) is 0 Å². The Labute approximate surface area is 172 Å². The number of carboxylic acid groups (broad SMARTS) is 1. The third-order valence-corrected chi connectivity index (χ3v) is 9.62. The second-order valence-electron chi connectivity index (χ2n) is 6.73. The fraction of sp³-hybridized carbons (Fsp3) is 0.0385. The molecule has 4 aromatic carbocycles. The number of carboxylic acids is 1. The quantitative estimate of drug-likeness (QED) is 0.523. The molecule has 0 saturated heterocycles. The third kappa shape index (κ3) is 4.62. The maximum absolute atomic E-state index is 9.00. The number of hydrogen-bond acceptors (Lipinski definition) is 1. The van der Waals surface area contributed by atoms with E-state index in [1.165, 1.54) is 21.2 Å². The summed E-state index contributed by atoms with van der Waals surface area (Å²) in [6.07, 6.45) is 0. The molecule has 0 aliphatic rings. The number of benzene rings is 4. The van der Waals surface area contributed by atoms with Gasteiger partial charge in [0, 0.05) is 6.92 Å². The molecule has 0 fully saturated rings. The van der Waals surface area contributed by atoms with E-state index in [9.17, 15) is 0 Å². The molecule has 146 valence electrons. The van der Waals surface area contributed by atoms with Gasteiger partial charge in [0.15, 0.2) is 0 Å². The van der Waals surface area contributed by atoms with Gasteiger partial charge in [0.2, 0.25) is 0 Å². The molecule has 0 spiro atoms. The zero-order valence-corrected chi connectivity index (χ0v) is 17.4. The van der Waals surface area contributed by atoms with Crippen LogP contribution in [0, 0.1) is 0 Å². The van der Waals surface area contributed by atoms with Crippen LogP contribution in [0.5, 0.6) is 0 Å². The van der Waals surface area contributed by atoms with Crippen LogP contribution in [-0.4, -0.2) is 11.1 Å². The van der Waals surface area contributed by atoms with E-state index in [0.717, 1.165) is 6.92 Å². The van der Waals surface area contributed by atoms with E-state index in [1.807, 2.05) is 0 Å². The Kier molecular flexibility index (Phi) is 6.94. The van der Waals surface area contributed by atoms with Crippen molar-refractivity contribution < 1.29 is 9.90 Å². The van der Waals surface area contributed by atoms with Crippen LogP contribution in [0.2, 0.25) is 0 Å². The van der Waals surface area contributed by atoms with Crippen molar-refractivity contribution in [1.82, 2.24) is 0 Å². The van der Waals surface area contributed by atoms with Gasteiger partial charge in [-0.1, -0.05) is 0 Å². The molecular weight excluding hydrogens is 375 g/mol. The minimum atomic E-state index is -2.30. The van der Waals surface area contributed by atoms with E-state index >= 15 is 0 Å². The van der Waals surface area contributed by atoms with Gasteiger partial charge >= 0.3 is 150 Å². The van der Waals surface area contributed by atoms with Crippen LogP contribution in [0.4, 0.5) is 0 Å². The van der Waals surface area contributed by atoms with Gasteiger partial charge in [-0.25, -0.2) is 0 Å². The number of hydrogen-bond donors (Lipinski definition) is 1. The van der Waals surface area contributed by atoms with Crippen LogP contribution in [0.25, 0.3) is 0 Å². The summed E-state index contributed by atoms with van der Waals surface area (Å²) in [4.78, 5) is 9.00. The summed E-state index contributed by atoms with van der Waals surface area (Å²) in [5.41, 5.74) is 0. The maximum atomic E-state index is 9.00. The van der Waals surface area contributed by atoms with Crippen LogP contribution in [0.1, 0.15) is 6.92 Å². The topological polar surface area (TPSA) is 37.3 Å². The first-order valence-corrected chi connectivity index (χ1v) is 11.6. The van der Waals surface area contributed by atoms with Crippen molar-refractivity contribution in [2.75, 3.05) is 0 Å². The molecular formula is C26H25O2P. The summed E-state index contributed by atoms with van der Waals surface area (Å²) in [5.74, 6) is -0.833. The molecule has 0 unspecified atom stereocenters. The van der Waals surface area contributed by atoms with E-state index in [-0.39, 0.29) is 0 Å². The molecule has 0 saturated carbocycles. The van der Waals surface area contributed by atoms with Gasteiger partial charge in [-0.05, 0) is 0 Å². The molecule has 2 nitrogen and oxygen atoms in total. The molecule has 0 amide bonds. The molecule has 0 heterocycles. The summed E-state index contributed by atoms with van der Waals surface area (Å²) in [6.45, 7) is 1.08. The molecule has 0 radical (unpaired) electrons. The van der Waals surface area contributed by atoms with Crippen LogP contribution < -0.4 is 21.2 Å². The molecule has 0 atom stereocenters. The summed E-state index contributed by atoms with van der Waals surface area (Å²) in [5, 5.41) is 13.1. The standard InChI is InChI=1S/C24H21P.C2H4O2/c1-5-13-21(14-6-1)25(22-15-7-2-8-16-22,23-17-9-3-10-18-23)24-19-11-4-12-20-24;1-2(3)4/h1-20,25H;1H3,(H,3,4). The van der Waals surface area contributed by atoms with E-state index in [0.29, 0.717) is 0 Å². The first kappa shape index (κ1) is 20.5. The average molecular weight is 400 g/mol. The predicted molar refractivity (Wildman–Crippen MR) is 126 cm³/mol. The Bertz CT molecular complexity index is 850. The molecule has 0 aromatic heterocycles. The van der Waals surface area contributed by atoms with Crippen molar-refractivity contribution in [3.63, 3.8) is 0 Å². The predicted octanol–water partition coefficient (Wildman–Crippen LogP) is 4.13. The zero-order chi connectivity index (χ0) is 20.5. The van der Waals surface area contributed by atoms with Gasteiger partial charge in [-0.2, -0.15) is 0 Å². The van der Waals surface area contributed by atoms with Gasteiger partial charge in [-0.3, -0.25) is 4.79 Å². The second-order valence-corrected chi connectivity index (χ2v) is 10.5. The number of aliphatic carboxylic acids is 1. The minimum absolute atomic E-state index is 0.833. The van der Waals surface area contributed by atoms with E-state index in [2.05, 4.69) is 121 Å². The molecule has 0 bridgehead atoms. The molecule has 0 aliphatic heterocycles. The van der Waals surface area contributed by atoms with Crippen LogP contribution in [-0.2, 0) is 4.79 Å². The Morgan fingerprint density at radius 3 is 0.862 bits per heavy atom. The van der Waals surface area contributed by atoms with E-state index in [4.69, 9.17) is 9.90 Å². The molecule has 1 N–H and O–H groups in total. The number of carbonyl (C=O) groups is 1. The monoisotopic (exact) mass is 400 g/mol. The van der Waals surface area contributed by atoms with Crippen molar-refractivity contribution in [3.05, 3.63) is 121 Å². The van der Waals surface area contributed by atoms with Crippen molar-refractivity contribution in [1.29, 1.82) is 0 Å². The third-order valence-electron chi connectivity index (χ3n) is 4.83. The summed E-state index contributed by atoms with van der Waals surface area (Å²) in [6, 6.07) is 44.0. The van der Waals surface area contributed by atoms with E-state index in [1.54, 1.807) is 0 Å². The Morgan fingerprint density at radius 1 is 0.517 bits per heavy atom. The summed E-state index contributed by atoms with van der Waals surface area (Å²) < 4.78 is 0. The van der Waals surface area contributed by atoms with Crippen molar-refractivity contribution in [2.24, 2.45) is 0 Å². The fourth-order valence-electron chi connectivity index (χ4n) is 3.75. The Hall–Kier alpha value is -3.22. The average Bonchev–Trinajstić information content (AvgIpc) is 2.77.